The smallest absolute Gasteiger partial charge is 0.338 e. The van der Waals surface area contributed by atoms with Gasteiger partial charge in [0.2, 0.25) is 17.7 Å². The SMILES string of the molecule is CCOC(=O)c1ccc(NC(=O)CN2C(=O)[C@@H]3[C@H]4C=C[C@@H]([C@@H]5C[C@@H]45)[C@H]3C2=O)cc1. The largest absolute Gasteiger partial charge is 0.462 e. The third-order valence-electron chi connectivity index (χ3n) is 6.74. The third-order valence-corrected chi connectivity index (χ3v) is 6.74. The minimum atomic E-state index is -0.431. The van der Waals surface area contributed by atoms with Gasteiger partial charge in [-0.3, -0.25) is 19.3 Å². The Morgan fingerprint density at radius 2 is 1.62 bits per heavy atom. The minimum Gasteiger partial charge on any atom is -0.462 e. The fraction of sp³-hybridized carbons (Fsp3) is 0.455. The number of hydrogen-bond acceptors (Lipinski definition) is 5. The lowest BCUT2D eigenvalue weighted by molar-refractivity contribution is -0.142. The molecule has 0 unspecified atom stereocenters. The van der Waals surface area contributed by atoms with Crippen LogP contribution in [0.15, 0.2) is 36.4 Å². The number of amides is 3. The fourth-order valence-corrected chi connectivity index (χ4v) is 5.42. The molecule has 1 aliphatic heterocycles. The molecule has 1 aromatic rings. The second kappa shape index (κ2) is 6.54. The summed E-state index contributed by atoms with van der Waals surface area (Å²) in [5.74, 6) is -0.498. The Bertz CT molecular complexity index is 901. The van der Waals surface area contributed by atoms with Crippen LogP contribution in [-0.2, 0) is 19.1 Å². The number of carbonyl (C=O) groups excluding carboxylic acids is 4. The van der Waals surface area contributed by atoms with E-state index in [1.54, 1.807) is 31.2 Å². The van der Waals surface area contributed by atoms with Crippen LogP contribution in [0.5, 0.6) is 0 Å². The number of carbonyl (C=O) groups is 4. The molecule has 5 aliphatic rings. The number of benzene rings is 1. The molecule has 0 radical (unpaired) electrons. The Labute approximate surface area is 168 Å². The predicted octanol–water partition coefficient (Wildman–Crippen LogP) is 1.85. The zero-order valence-electron chi connectivity index (χ0n) is 16.0. The molecule has 7 heteroatoms. The Balaban J connectivity index is 1.24. The standard InChI is InChI=1S/C22H22N2O5/c1-2-29-22(28)11-3-5-12(6-4-11)23-17(25)10-24-20(26)18-13-7-8-14(16-9-15(13)16)19(18)21(24)27/h3-8,13-16,18-19H,2,9-10H2,1H3,(H,23,25)/t13-,14-,15-,16-,18+,19+/m0/s1. The van der Waals surface area contributed by atoms with E-state index in [2.05, 4.69) is 17.5 Å². The fourth-order valence-electron chi connectivity index (χ4n) is 5.42. The molecule has 4 aliphatic carbocycles. The van der Waals surface area contributed by atoms with E-state index in [1.165, 1.54) is 0 Å². The molecule has 150 valence electrons. The van der Waals surface area contributed by atoms with Crippen LogP contribution in [0.1, 0.15) is 23.7 Å². The third kappa shape index (κ3) is 2.79. The normalized spacial score (nSPS) is 33.3. The zero-order valence-corrected chi connectivity index (χ0v) is 16.0. The Morgan fingerprint density at radius 1 is 1.03 bits per heavy atom. The van der Waals surface area contributed by atoms with Crippen molar-refractivity contribution in [3.63, 3.8) is 0 Å². The van der Waals surface area contributed by atoms with Crippen LogP contribution in [0, 0.1) is 35.5 Å². The first-order valence-corrected chi connectivity index (χ1v) is 10.1. The van der Waals surface area contributed by atoms with Crippen molar-refractivity contribution < 1.29 is 23.9 Å². The molecule has 3 fully saturated rings. The summed E-state index contributed by atoms with van der Waals surface area (Å²) in [6.45, 7) is 1.74. The van der Waals surface area contributed by atoms with Gasteiger partial charge >= 0.3 is 5.97 Å². The number of rotatable bonds is 5. The molecule has 0 spiro atoms. The molecule has 0 aromatic heterocycles. The highest BCUT2D eigenvalue weighted by Crippen LogP contribution is 2.65. The van der Waals surface area contributed by atoms with E-state index < -0.39 is 11.9 Å². The molecule has 2 bridgehead atoms. The van der Waals surface area contributed by atoms with Gasteiger partial charge in [0.05, 0.1) is 24.0 Å². The van der Waals surface area contributed by atoms with Gasteiger partial charge in [0.1, 0.15) is 6.54 Å². The maximum Gasteiger partial charge on any atom is 0.338 e. The molecule has 7 nitrogen and oxygen atoms in total. The summed E-state index contributed by atoms with van der Waals surface area (Å²) in [6.07, 6.45) is 5.33. The second-order valence-electron chi connectivity index (χ2n) is 8.26. The molecular formula is C22H22N2O5. The number of imide groups is 1. The van der Waals surface area contributed by atoms with Gasteiger partial charge < -0.3 is 10.1 Å². The molecule has 1 aromatic carbocycles. The van der Waals surface area contributed by atoms with E-state index in [0.717, 1.165) is 11.3 Å². The molecule has 29 heavy (non-hydrogen) atoms. The first kappa shape index (κ1) is 18.1. The van der Waals surface area contributed by atoms with Gasteiger partial charge in [-0.25, -0.2) is 4.79 Å². The number of likely N-dealkylation sites (tertiary alicyclic amines) is 1. The van der Waals surface area contributed by atoms with Crippen LogP contribution in [0.25, 0.3) is 0 Å². The van der Waals surface area contributed by atoms with Crippen molar-refractivity contribution in [1.29, 1.82) is 0 Å². The highest BCUT2D eigenvalue weighted by molar-refractivity contribution is 6.09. The molecule has 1 heterocycles. The minimum absolute atomic E-state index is 0.148. The van der Waals surface area contributed by atoms with E-state index in [-0.39, 0.29) is 48.6 Å². The summed E-state index contributed by atoms with van der Waals surface area (Å²) in [5, 5.41) is 2.69. The van der Waals surface area contributed by atoms with E-state index in [0.29, 0.717) is 23.1 Å². The van der Waals surface area contributed by atoms with E-state index in [9.17, 15) is 19.2 Å². The Kier molecular flexibility index (Phi) is 4.08. The van der Waals surface area contributed by atoms with Crippen LogP contribution in [0.4, 0.5) is 5.69 Å². The maximum atomic E-state index is 12.9. The Morgan fingerprint density at radius 3 is 2.17 bits per heavy atom. The summed E-state index contributed by atoms with van der Waals surface area (Å²) < 4.78 is 4.93. The van der Waals surface area contributed by atoms with Gasteiger partial charge in [-0.1, -0.05) is 12.2 Å². The summed E-state index contributed by atoms with van der Waals surface area (Å²) >= 11 is 0. The van der Waals surface area contributed by atoms with Crippen molar-refractivity contribution in [3.05, 3.63) is 42.0 Å². The predicted molar refractivity (Wildman–Crippen MR) is 102 cm³/mol. The molecule has 6 rings (SSSR count). The van der Waals surface area contributed by atoms with Crippen molar-refractivity contribution in [2.24, 2.45) is 35.5 Å². The van der Waals surface area contributed by atoms with Gasteiger partial charge in [0.15, 0.2) is 0 Å². The number of anilines is 1. The van der Waals surface area contributed by atoms with Gasteiger partial charge in [0, 0.05) is 5.69 Å². The van der Waals surface area contributed by atoms with Gasteiger partial charge in [0.25, 0.3) is 0 Å². The van der Waals surface area contributed by atoms with Crippen molar-refractivity contribution in [3.8, 4) is 0 Å². The number of nitrogens with one attached hydrogen (secondary N) is 1. The van der Waals surface area contributed by atoms with Crippen molar-refractivity contribution in [2.45, 2.75) is 13.3 Å². The number of esters is 1. The molecule has 1 N–H and O–H groups in total. The monoisotopic (exact) mass is 394 g/mol. The van der Waals surface area contributed by atoms with Gasteiger partial charge in [-0.15, -0.1) is 0 Å². The number of ether oxygens (including phenoxy) is 1. The van der Waals surface area contributed by atoms with Gasteiger partial charge in [-0.05, 0) is 61.3 Å². The van der Waals surface area contributed by atoms with Gasteiger partial charge in [-0.2, -0.15) is 0 Å². The van der Waals surface area contributed by atoms with E-state index >= 15 is 0 Å². The van der Waals surface area contributed by atoms with Crippen molar-refractivity contribution in [2.75, 3.05) is 18.5 Å². The quantitative estimate of drug-likeness (QED) is 0.467. The van der Waals surface area contributed by atoms with E-state index in [1.807, 2.05) is 0 Å². The number of hydrogen-bond donors (Lipinski definition) is 1. The first-order chi connectivity index (χ1) is 14.0. The lowest BCUT2D eigenvalue weighted by atomic mass is 9.63. The summed E-state index contributed by atoms with van der Waals surface area (Å²) in [5.41, 5.74) is 0.878. The molecular weight excluding hydrogens is 372 g/mol. The lowest BCUT2D eigenvalue weighted by Gasteiger charge is -2.37. The summed E-state index contributed by atoms with van der Waals surface area (Å²) in [4.78, 5) is 51.1. The Hall–Kier alpha value is -2.96. The van der Waals surface area contributed by atoms with Crippen molar-refractivity contribution in [1.82, 2.24) is 4.90 Å². The van der Waals surface area contributed by atoms with Crippen molar-refractivity contribution >= 4 is 29.4 Å². The maximum absolute atomic E-state index is 12.9. The van der Waals surface area contributed by atoms with Crippen LogP contribution in [-0.4, -0.2) is 41.7 Å². The molecule has 6 atom stereocenters. The topological polar surface area (TPSA) is 92.8 Å². The molecule has 1 saturated heterocycles. The second-order valence-corrected chi connectivity index (χ2v) is 8.26. The summed E-state index contributed by atoms with van der Waals surface area (Å²) in [7, 11) is 0. The average Bonchev–Trinajstić information content (AvgIpc) is 3.50. The zero-order chi connectivity index (χ0) is 20.3. The van der Waals surface area contributed by atoms with E-state index in [4.69, 9.17) is 4.74 Å². The highest BCUT2D eigenvalue weighted by atomic mass is 16.5. The lowest BCUT2D eigenvalue weighted by Crippen LogP contribution is -2.40. The van der Waals surface area contributed by atoms with Crippen LogP contribution in [0.3, 0.4) is 0 Å². The average molecular weight is 394 g/mol. The summed E-state index contributed by atoms with van der Waals surface area (Å²) in [6, 6.07) is 6.30. The van der Waals surface area contributed by atoms with Crippen LogP contribution >= 0.6 is 0 Å². The van der Waals surface area contributed by atoms with Crippen LogP contribution < -0.4 is 5.32 Å². The molecule has 2 saturated carbocycles. The first-order valence-electron chi connectivity index (χ1n) is 10.1. The highest BCUT2D eigenvalue weighted by Gasteiger charge is 2.67. The number of nitrogens with zero attached hydrogens (tertiary/aromatic N) is 1. The molecule has 3 amide bonds. The number of allylic oxidation sites excluding steroid dienone is 2. The van der Waals surface area contributed by atoms with Crippen LogP contribution in [0.2, 0.25) is 0 Å².